The number of hydrogen-bond acceptors (Lipinski definition) is 3. The number of anilines is 1. The number of amides is 1. The highest BCUT2D eigenvalue weighted by atomic mass is 16.2. The van der Waals surface area contributed by atoms with E-state index in [1.807, 2.05) is 18.2 Å². The van der Waals surface area contributed by atoms with Gasteiger partial charge in [-0.05, 0) is 37.8 Å². The highest BCUT2D eigenvalue weighted by Crippen LogP contribution is 2.25. The minimum Gasteiger partial charge on any atom is -0.352 e. The number of rotatable bonds is 3. The first-order chi connectivity index (χ1) is 8.34. The van der Waals surface area contributed by atoms with E-state index in [-0.39, 0.29) is 11.9 Å². The zero-order chi connectivity index (χ0) is 11.7. The van der Waals surface area contributed by atoms with Crippen LogP contribution in [0.4, 0.5) is 5.82 Å². The summed E-state index contributed by atoms with van der Waals surface area (Å²) in [6.45, 7) is 0.930. The first-order valence-corrected chi connectivity index (χ1v) is 6.32. The Morgan fingerprint density at radius 3 is 2.94 bits per heavy atom. The molecular weight excluding hydrogens is 214 g/mol. The van der Waals surface area contributed by atoms with E-state index in [0.717, 1.165) is 38.0 Å². The van der Waals surface area contributed by atoms with Gasteiger partial charge in [0.1, 0.15) is 11.9 Å². The van der Waals surface area contributed by atoms with Crippen molar-refractivity contribution in [2.75, 3.05) is 11.4 Å². The molecule has 17 heavy (non-hydrogen) atoms. The summed E-state index contributed by atoms with van der Waals surface area (Å²) in [5.74, 6) is 1.09. The van der Waals surface area contributed by atoms with Crippen molar-refractivity contribution in [3.8, 4) is 0 Å². The second-order valence-corrected chi connectivity index (χ2v) is 4.82. The largest absolute Gasteiger partial charge is 0.352 e. The first kappa shape index (κ1) is 10.6. The summed E-state index contributed by atoms with van der Waals surface area (Å²) in [4.78, 5) is 18.6. The van der Waals surface area contributed by atoms with Crippen LogP contribution >= 0.6 is 0 Å². The van der Waals surface area contributed by atoms with Crippen molar-refractivity contribution < 1.29 is 4.79 Å². The molecule has 0 aromatic carbocycles. The van der Waals surface area contributed by atoms with Gasteiger partial charge in [-0.2, -0.15) is 0 Å². The van der Waals surface area contributed by atoms with Crippen molar-refractivity contribution in [1.29, 1.82) is 0 Å². The van der Waals surface area contributed by atoms with Crippen LogP contribution in [0.25, 0.3) is 0 Å². The van der Waals surface area contributed by atoms with Gasteiger partial charge in [-0.1, -0.05) is 6.07 Å². The van der Waals surface area contributed by atoms with E-state index in [1.54, 1.807) is 6.20 Å². The van der Waals surface area contributed by atoms with Gasteiger partial charge >= 0.3 is 0 Å². The van der Waals surface area contributed by atoms with Gasteiger partial charge in [-0.3, -0.25) is 4.79 Å². The van der Waals surface area contributed by atoms with Crippen LogP contribution in [0.2, 0.25) is 0 Å². The van der Waals surface area contributed by atoms with Crippen molar-refractivity contribution >= 4 is 11.7 Å². The van der Waals surface area contributed by atoms with Gasteiger partial charge < -0.3 is 10.2 Å². The third-order valence-electron chi connectivity index (χ3n) is 3.42. The van der Waals surface area contributed by atoms with Crippen LogP contribution in [-0.2, 0) is 4.79 Å². The summed E-state index contributed by atoms with van der Waals surface area (Å²) in [6, 6.07) is 6.26. The molecular formula is C13H17N3O. The molecule has 1 amide bonds. The topological polar surface area (TPSA) is 45.2 Å². The lowest BCUT2D eigenvalue weighted by molar-refractivity contribution is -0.122. The van der Waals surface area contributed by atoms with Gasteiger partial charge in [0.05, 0.1) is 0 Å². The van der Waals surface area contributed by atoms with E-state index >= 15 is 0 Å². The van der Waals surface area contributed by atoms with E-state index in [4.69, 9.17) is 0 Å². The third kappa shape index (κ3) is 2.25. The number of nitrogens with zero attached hydrogens (tertiary/aromatic N) is 2. The zero-order valence-electron chi connectivity index (χ0n) is 9.80. The number of nitrogens with one attached hydrogen (secondary N) is 1. The second-order valence-electron chi connectivity index (χ2n) is 4.82. The van der Waals surface area contributed by atoms with Crippen molar-refractivity contribution in [2.24, 2.45) is 0 Å². The number of hydrogen-bond donors (Lipinski definition) is 1. The molecule has 1 aromatic rings. The summed E-state index contributed by atoms with van der Waals surface area (Å²) in [6.07, 6.45) is 6.07. The fraction of sp³-hybridized carbons (Fsp3) is 0.538. The van der Waals surface area contributed by atoms with Gasteiger partial charge in [0.15, 0.2) is 0 Å². The maximum atomic E-state index is 12.1. The molecule has 1 aliphatic carbocycles. The lowest BCUT2D eigenvalue weighted by atomic mass is 10.2. The van der Waals surface area contributed by atoms with Gasteiger partial charge in [0.2, 0.25) is 5.91 Å². The zero-order valence-corrected chi connectivity index (χ0v) is 9.80. The summed E-state index contributed by atoms with van der Waals surface area (Å²) in [5.41, 5.74) is 0. The molecule has 0 radical (unpaired) electrons. The molecule has 2 heterocycles. The van der Waals surface area contributed by atoms with Gasteiger partial charge in [0, 0.05) is 18.8 Å². The Morgan fingerprint density at radius 1 is 1.35 bits per heavy atom. The molecule has 90 valence electrons. The Morgan fingerprint density at radius 2 is 2.24 bits per heavy atom. The summed E-state index contributed by atoms with van der Waals surface area (Å²) in [7, 11) is 0. The average molecular weight is 231 g/mol. The quantitative estimate of drug-likeness (QED) is 0.853. The van der Waals surface area contributed by atoms with E-state index in [0.29, 0.717) is 6.04 Å². The fourth-order valence-corrected chi connectivity index (χ4v) is 2.36. The number of carbonyl (C=O) groups is 1. The SMILES string of the molecule is O=C(NC1CC1)[C@@H]1CCCN1c1ccccn1. The molecule has 3 rings (SSSR count). The Hall–Kier alpha value is -1.58. The van der Waals surface area contributed by atoms with Crippen LogP contribution in [0.15, 0.2) is 24.4 Å². The van der Waals surface area contributed by atoms with Gasteiger partial charge in [0.25, 0.3) is 0 Å². The Labute approximate surface area is 101 Å². The van der Waals surface area contributed by atoms with Crippen molar-refractivity contribution in [2.45, 2.75) is 37.8 Å². The molecule has 0 bridgehead atoms. The molecule has 1 saturated heterocycles. The van der Waals surface area contributed by atoms with Crippen LogP contribution in [0, 0.1) is 0 Å². The molecule has 4 nitrogen and oxygen atoms in total. The number of pyridine rings is 1. The predicted octanol–water partition coefficient (Wildman–Crippen LogP) is 1.33. The predicted molar refractivity (Wildman–Crippen MR) is 65.8 cm³/mol. The standard InChI is InChI=1S/C13H17N3O/c17-13(15-10-6-7-10)11-4-3-9-16(11)12-5-1-2-8-14-12/h1-2,5,8,10-11H,3-4,6-7,9H2,(H,15,17)/t11-/m0/s1. The van der Waals surface area contributed by atoms with Crippen LogP contribution in [0.3, 0.4) is 0 Å². The minimum absolute atomic E-state index is 0.0227. The highest BCUT2D eigenvalue weighted by Gasteiger charge is 2.34. The maximum Gasteiger partial charge on any atom is 0.242 e. The molecule has 0 unspecified atom stereocenters. The highest BCUT2D eigenvalue weighted by molar-refractivity contribution is 5.86. The van der Waals surface area contributed by atoms with Crippen LogP contribution in [0.1, 0.15) is 25.7 Å². The normalized spacial score (nSPS) is 23.8. The lowest BCUT2D eigenvalue weighted by Gasteiger charge is -2.24. The first-order valence-electron chi connectivity index (χ1n) is 6.32. The van der Waals surface area contributed by atoms with Gasteiger partial charge in [-0.25, -0.2) is 4.98 Å². The Kier molecular flexibility index (Phi) is 2.71. The fourth-order valence-electron chi connectivity index (χ4n) is 2.36. The molecule has 1 N–H and O–H groups in total. The average Bonchev–Trinajstić information content (AvgIpc) is 3.04. The van der Waals surface area contributed by atoms with E-state index in [9.17, 15) is 4.79 Å². The monoisotopic (exact) mass is 231 g/mol. The molecule has 2 aliphatic rings. The number of aromatic nitrogens is 1. The molecule has 4 heteroatoms. The van der Waals surface area contributed by atoms with E-state index in [2.05, 4.69) is 15.2 Å². The van der Waals surface area contributed by atoms with Crippen LogP contribution in [0.5, 0.6) is 0 Å². The minimum atomic E-state index is -0.0227. The third-order valence-corrected chi connectivity index (χ3v) is 3.42. The summed E-state index contributed by atoms with van der Waals surface area (Å²) in [5, 5.41) is 3.09. The molecule has 2 fully saturated rings. The molecule has 1 aromatic heterocycles. The van der Waals surface area contributed by atoms with E-state index in [1.165, 1.54) is 0 Å². The Bertz CT molecular complexity index is 402. The molecule has 1 atom stereocenters. The molecule has 0 spiro atoms. The smallest absolute Gasteiger partial charge is 0.242 e. The second kappa shape index (κ2) is 4.35. The lowest BCUT2D eigenvalue weighted by Crippen LogP contribution is -2.44. The van der Waals surface area contributed by atoms with Crippen molar-refractivity contribution in [1.82, 2.24) is 10.3 Å². The van der Waals surface area contributed by atoms with Crippen molar-refractivity contribution in [3.63, 3.8) is 0 Å². The van der Waals surface area contributed by atoms with Crippen LogP contribution in [-0.4, -0.2) is 29.5 Å². The van der Waals surface area contributed by atoms with Gasteiger partial charge in [-0.15, -0.1) is 0 Å². The maximum absolute atomic E-state index is 12.1. The Balaban J connectivity index is 1.72. The van der Waals surface area contributed by atoms with E-state index < -0.39 is 0 Å². The van der Waals surface area contributed by atoms with Crippen LogP contribution < -0.4 is 10.2 Å². The molecule has 1 saturated carbocycles. The summed E-state index contributed by atoms with van der Waals surface area (Å²) < 4.78 is 0. The molecule has 1 aliphatic heterocycles. The van der Waals surface area contributed by atoms with Crippen molar-refractivity contribution in [3.05, 3.63) is 24.4 Å². The summed E-state index contributed by atoms with van der Waals surface area (Å²) >= 11 is 0. The number of carbonyl (C=O) groups excluding carboxylic acids is 1.